The van der Waals surface area contributed by atoms with Crippen molar-refractivity contribution in [2.45, 2.75) is 58.5 Å². The van der Waals surface area contributed by atoms with E-state index in [0.717, 1.165) is 32.4 Å². The van der Waals surface area contributed by atoms with E-state index in [4.69, 9.17) is 16.2 Å². The van der Waals surface area contributed by atoms with Crippen LogP contribution in [0.4, 0.5) is 4.79 Å². The molecule has 0 bridgehead atoms. The first-order chi connectivity index (χ1) is 9.85. The molecule has 5 heteroatoms. The standard InChI is InChI=1S/C16H33N3O2/c1-16(2,3)21-15(20)19(10-4-9-17)12-14-7-5-13(11-18)6-8-14/h13-14H,4-12,17-18H2,1-3H3. The third kappa shape index (κ3) is 7.14. The Kier molecular flexibility index (Phi) is 7.46. The van der Waals surface area contributed by atoms with Crippen molar-refractivity contribution in [2.75, 3.05) is 26.2 Å². The molecule has 0 saturated heterocycles. The van der Waals surface area contributed by atoms with Gasteiger partial charge in [-0.15, -0.1) is 0 Å². The van der Waals surface area contributed by atoms with E-state index >= 15 is 0 Å². The maximum atomic E-state index is 12.3. The largest absolute Gasteiger partial charge is 0.444 e. The van der Waals surface area contributed by atoms with Crippen LogP contribution in [0.3, 0.4) is 0 Å². The van der Waals surface area contributed by atoms with E-state index in [1.807, 2.05) is 25.7 Å². The Bertz CT molecular complexity index is 307. The normalized spacial score (nSPS) is 22.9. The Morgan fingerprint density at radius 1 is 1.14 bits per heavy atom. The molecule has 0 aromatic heterocycles. The number of nitrogens with two attached hydrogens (primary N) is 2. The fourth-order valence-electron chi connectivity index (χ4n) is 2.83. The second-order valence-electron chi connectivity index (χ2n) is 7.19. The quantitative estimate of drug-likeness (QED) is 0.788. The SMILES string of the molecule is CC(C)(C)OC(=O)N(CCCN)CC1CCC(CN)CC1. The number of ether oxygens (including phenoxy) is 1. The Labute approximate surface area is 129 Å². The summed E-state index contributed by atoms with van der Waals surface area (Å²) in [5.74, 6) is 1.23. The number of hydrogen-bond acceptors (Lipinski definition) is 4. The molecule has 0 heterocycles. The second-order valence-corrected chi connectivity index (χ2v) is 7.19. The Morgan fingerprint density at radius 2 is 1.71 bits per heavy atom. The zero-order chi connectivity index (χ0) is 15.9. The van der Waals surface area contributed by atoms with Gasteiger partial charge in [-0.2, -0.15) is 0 Å². The summed E-state index contributed by atoms with van der Waals surface area (Å²) in [6, 6.07) is 0. The molecule has 124 valence electrons. The van der Waals surface area contributed by atoms with E-state index in [2.05, 4.69) is 0 Å². The monoisotopic (exact) mass is 299 g/mol. The number of amides is 1. The van der Waals surface area contributed by atoms with Gasteiger partial charge >= 0.3 is 6.09 Å². The number of rotatable bonds is 6. The highest BCUT2D eigenvalue weighted by molar-refractivity contribution is 5.68. The van der Waals surface area contributed by atoms with Crippen molar-refractivity contribution in [3.8, 4) is 0 Å². The first kappa shape index (κ1) is 18.2. The molecule has 1 fully saturated rings. The summed E-state index contributed by atoms with van der Waals surface area (Å²) in [6.45, 7) is 8.55. The van der Waals surface area contributed by atoms with Crippen LogP contribution in [0.25, 0.3) is 0 Å². The highest BCUT2D eigenvalue weighted by Crippen LogP contribution is 2.29. The zero-order valence-electron chi connectivity index (χ0n) is 13.9. The maximum absolute atomic E-state index is 12.3. The topological polar surface area (TPSA) is 81.6 Å². The molecule has 0 aromatic rings. The van der Waals surface area contributed by atoms with Crippen molar-refractivity contribution < 1.29 is 9.53 Å². The van der Waals surface area contributed by atoms with Crippen LogP contribution in [-0.4, -0.2) is 42.8 Å². The Balaban J connectivity index is 2.51. The lowest BCUT2D eigenvalue weighted by Crippen LogP contribution is -2.41. The summed E-state index contributed by atoms with van der Waals surface area (Å²) in [7, 11) is 0. The van der Waals surface area contributed by atoms with Gasteiger partial charge in [0.2, 0.25) is 0 Å². The van der Waals surface area contributed by atoms with Crippen molar-refractivity contribution >= 4 is 6.09 Å². The van der Waals surface area contributed by atoms with Crippen LogP contribution in [-0.2, 0) is 4.74 Å². The molecule has 1 aliphatic carbocycles. The van der Waals surface area contributed by atoms with E-state index < -0.39 is 5.60 Å². The molecule has 1 rings (SSSR count). The number of carbonyl (C=O) groups is 1. The summed E-state index contributed by atoms with van der Waals surface area (Å²) >= 11 is 0. The van der Waals surface area contributed by atoms with Gasteiger partial charge in [0.25, 0.3) is 0 Å². The summed E-state index contributed by atoms with van der Waals surface area (Å²) in [6.07, 6.45) is 5.28. The van der Waals surface area contributed by atoms with Gasteiger partial charge in [0.05, 0.1) is 0 Å². The van der Waals surface area contributed by atoms with Gasteiger partial charge in [0.15, 0.2) is 0 Å². The lowest BCUT2D eigenvalue weighted by molar-refractivity contribution is 0.0202. The van der Waals surface area contributed by atoms with Crippen LogP contribution in [0.2, 0.25) is 0 Å². The minimum absolute atomic E-state index is 0.211. The Morgan fingerprint density at radius 3 is 2.19 bits per heavy atom. The van der Waals surface area contributed by atoms with Crippen molar-refractivity contribution in [2.24, 2.45) is 23.3 Å². The molecule has 21 heavy (non-hydrogen) atoms. The number of carbonyl (C=O) groups excluding carboxylic acids is 1. The average Bonchev–Trinajstić information content (AvgIpc) is 2.42. The molecule has 1 aliphatic rings. The average molecular weight is 299 g/mol. The van der Waals surface area contributed by atoms with Gasteiger partial charge in [0, 0.05) is 13.1 Å². The lowest BCUT2D eigenvalue weighted by Gasteiger charge is -2.33. The fourth-order valence-corrected chi connectivity index (χ4v) is 2.83. The molecular formula is C16H33N3O2. The van der Waals surface area contributed by atoms with Gasteiger partial charge in [0.1, 0.15) is 5.60 Å². The minimum atomic E-state index is -0.449. The van der Waals surface area contributed by atoms with Gasteiger partial charge in [-0.1, -0.05) is 0 Å². The van der Waals surface area contributed by atoms with Gasteiger partial charge < -0.3 is 21.1 Å². The summed E-state index contributed by atoms with van der Waals surface area (Å²) < 4.78 is 5.51. The van der Waals surface area contributed by atoms with Crippen LogP contribution < -0.4 is 11.5 Å². The third-order valence-corrected chi connectivity index (χ3v) is 4.06. The van der Waals surface area contributed by atoms with Crippen LogP contribution in [0.15, 0.2) is 0 Å². The summed E-state index contributed by atoms with van der Waals surface area (Å²) in [4.78, 5) is 14.1. The third-order valence-electron chi connectivity index (χ3n) is 4.06. The molecular weight excluding hydrogens is 266 g/mol. The molecule has 4 N–H and O–H groups in total. The van der Waals surface area contributed by atoms with Gasteiger partial charge in [-0.3, -0.25) is 0 Å². The van der Waals surface area contributed by atoms with Crippen LogP contribution in [0.5, 0.6) is 0 Å². The highest BCUT2D eigenvalue weighted by Gasteiger charge is 2.26. The smallest absolute Gasteiger partial charge is 0.410 e. The van der Waals surface area contributed by atoms with Gasteiger partial charge in [-0.05, 0) is 77.8 Å². The van der Waals surface area contributed by atoms with E-state index in [1.165, 1.54) is 12.8 Å². The van der Waals surface area contributed by atoms with Gasteiger partial charge in [-0.25, -0.2) is 4.79 Å². The van der Waals surface area contributed by atoms with Crippen LogP contribution in [0, 0.1) is 11.8 Å². The first-order valence-electron chi connectivity index (χ1n) is 8.23. The zero-order valence-corrected chi connectivity index (χ0v) is 13.9. The van der Waals surface area contributed by atoms with Crippen molar-refractivity contribution in [1.82, 2.24) is 4.90 Å². The van der Waals surface area contributed by atoms with Crippen molar-refractivity contribution in [3.63, 3.8) is 0 Å². The first-order valence-corrected chi connectivity index (χ1v) is 8.23. The van der Waals surface area contributed by atoms with E-state index in [-0.39, 0.29) is 6.09 Å². The molecule has 0 unspecified atom stereocenters. The molecule has 0 aromatic carbocycles. The maximum Gasteiger partial charge on any atom is 0.410 e. The molecule has 0 atom stereocenters. The predicted molar refractivity (Wildman–Crippen MR) is 86.0 cm³/mol. The number of nitrogens with zero attached hydrogens (tertiary/aromatic N) is 1. The molecule has 0 spiro atoms. The second kappa shape index (κ2) is 8.59. The molecule has 0 radical (unpaired) electrons. The van der Waals surface area contributed by atoms with Crippen LogP contribution >= 0.6 is 0 Å². The van der Waals surface area contributed by atoms with Crippen molar-refractivity contribution in [3.05, 3.63) is 0 Å². The number of hydrogen-bond donors (Lipinski definition) is 2. The summed E-state index contributed by atoms with van der Waals surface area (Å²) in [5, 5.41) is 0. The van der Waals surface area contributed by atoms with Crippen molar-refractivity contribution in [1.29, 1.82) is 0 Å². The highest BCUT2D eigenvalue weighted by atomic mass is 16.6. The van der Waals surface area contributed by atoms with E-state index in [9.17, 15) is 4.79 Å². The molecule has 0 aliphatic heterocycles. The Hall–Kier alpha value is -0.810. The van der Waals surface area contributed by atoms with E-state index in [1.54, 1.807) is 0 Å². The molecule has 1 amide bonds. The fraction of sp³-hybridized carbons (Fsp3) is 0.938. The molecule has 5 nitrogen and oxygen atoms in total. The van der Waals surface area contributed by atoms with Crippen LogP contribution in [0.1, 0.15) is 52.9 Å². The van der Waals surface area contributed by atoms with E-state index in [0.29, 0.717) is 24.9 Å². The summed E-state index contributed by atoms with van der Waals surface area (Å²) in [5.41, 5.74) is 10.9. The molecule has 1 saturated carbocycles. The predicted octanol–water partition coefficient (Wildman–Crippen LogP) is 2.34. The minimum Gasteiger partial charge on any atom is -0.444 e. The lowest BCUT2D eigenvalue weighted by atomic mass is 9.82.